The number of hydrogen-bond donors (Lipinski definition) is 2. The maximum Gasteiger partial charge on any atom is 0.262 e. The van der Waals surface area contributed by atoms with Crippen LogP contribution in [0.15, 0.2) is 42.7 Å². The van der Waals surface area contributed by atoms with Crippen LogP contribution in [0.1, 0.15) is 29.2 Å². The van der Waals surface area contributed by atoms with Crippen LogP contribution in [-0.4, -0.2) is 40.3 Å². The summed E-state index contributed by atoms with van der Waals surface area (Å²) in [5, 5.41) is 9.76. The molecule has 2 heterocycles. The summed E-state index contributed by atoms with van der Waals surface area (Å²) in [7, 11) is 1.52. The highest BCUT2D eigenvalue weighted by atomic mass is 16.5. The molecule has 1 aromatic heterocycles. The fourth-order valence-corrected chi connectivity index (χ4v) is 3.49. The number of nitrogens with zero attached hydrogens (tertiary/aromatic N) is 3. The standard InChI is InChI=1S/C22H23N5O4/c1-13-5-4-6-16(14(13)2)25-21(29)11-31-18-8-7-15(9-19(18)30-3)17-10-20(28)26-22-23-12-24-27(17)22/h4-9,12,17H,10-11H2,1-3H3,(H,25,29)(H,23,24,26,28)/t17-/m1/s1. The smallest absolute Gasteiger partial charge is 0.262 e. The molecular weight excluding hydrogens is 398 g/mol. The minimum atomic E-state index is -0.304. The average Bonchev–Trinajstić information content (AvgIpc) is 3.23. The van der Waals surface area contributed by atoms with Crippen LogP contribution in [0.2, 0.25) is 0 Å². The summed E-state index contributed by atoms with van der Waals surface area (Å²) < 4.78 is 12.8. The second-order valence-corrected chi connectivity index (χ2v) is 7.29. The molecule has 9 nitrogen and oxygen atoms in total. The molecule has 1 aliphatic heterocycles. The van der Waals surface area contributed by atoms with E-state index >= 15 is 0 Å². The van der Waals surface area contributed by atoms with Gasteiger partial charge in [0, 0.05) is 5.69 Å². The van der Waals surface area contributed by atoms with Gasteiger partial charge in [-0.3, -0.25) is 14.9 Å². The SMILES string of the molecule is COc1cc([C@H]2CC(=O)Nc3ncnn32)ccc1OCC(=O)Nc1cccc(C)c1C. The number of methoxy groups -OCH3 is 1. The highest BCUT2D eigenvalue weighted by Gasteiger charge is 2.28. The molecule has 0 aliphatic carbocycles. The first-order chi connectivity index (χ1) is 15.0. The highest BCUT2D eigenvalue weighted by Crippen LogP contribution is 2.35. The van der Waals surface area contributed by atoms with Gasteiger partial charge in [0.1, 0.15) is 6.33 Å². The van der Waals surface area contributed by atoms with E-state index in [1.807, 2.05) is 38.1 Å². The second-order valence-electron chi connectivity index (χ2n) is 7.29. The van der Waals surface area contributed by atoms with Crippen molar-refractivity contribution in [3.05, 3.63) is 59.4 Å². The molecule has 1 aliphatic rings. The zero-order valence-electron chi connectivity index (χ0n) is 17.5. The largest absolute Gasteiger partial charge is 0.493 e. The Kier molecular flexibility index (Phi) is 5.57. The van der Waals surface area contributed by atoms with Gasteiger partial charge in [0.05, 0.1) is 19.6 Å². The van der Waals surface area contributed by atoms with E-state index in [1.165, 1.54) is 13.4 Å². The summed E-state index contributed by atoms with van der Waals surface area (Å²) in [5.74, 6) is 0.902. The van der Waals surface area contributed by atoms with E-state index in [-0.39, 0.29) is 30.9 Å². The maximum absolute atomic E-state index is 12.4. The first-order valence-electron chi connectivity index (χ1n) is 9.82. The summed E-state index contributed by atoms with van der Waals surface area (Å²) in [4.78, 5) is 28.4. The Hall–Kier alpha value is -3.88. The molecule has 160 valence electrons. The summed E-state index contributed by atoms with van der Waals surface area (Å²) in [6, 6.07) is 10.8. The molecule has 0 radical (unpaired) electrons. The number of aryl methyl sites for hydroxylation is 1. The monoisotopic (exact) mass is 421 g/mol. The van der Waals surface area contributed by atoms with Gasteiger partial charge in [-0.15, -0.1) is 0 Å². The van der Waals surface area contributed by atoms with Gasteiger partial charge in [-0.1, -0.05) is 18.2 Å². The number of ether oxygens (including phenoxy) is 2. The zero-order valence-corrected chi connectivity index (χ0v) is 17.5. The summed E-state index contributed by atoms with van der Waals surface area (Å²) in [6.45, 7) is 3.79. The summed E-state index contributed by atoms with van der Waals surface area (Å²) in [6.07, 6.45) is 1.63. The predicted molar refractivity (Wildman–Crippen MR) is 114 cm³/mol. The topological polar surface area (TPSA) is 107 Å². The molecule has 0 saturated carbocycles. The number of aromatic nitrogens is 3. The lowest BCUT2D eigenvalue weighted by Crippen LogP contribution is -2.29. The normalized spacial score (nSPS) is 15.1. The van der Waals surface area contributed by atoms with Gasteiger partial charge < -0.3 is 14.8 Å². The molecule has 4 rings (SSSR count). The van der Waals surface area contributed by atoms with Crippen LogP contribution in [0.4, 0.5) is 11.6 Å². The van der Waals surface area contributed by atoms with E-state index < -0.39 is 0 Å². The summed E-state index contributed by atoms with van der Waals surface area (Å²) in [5.41, 5.74) is 3.70. The highest BCUT2D eigenvalue weighted by molar-refractivity contribution is 5.93. The van der Waals surface area contributed by atoms with Crippen LogP contribution in [0.5, 0.6) is 11.5 Å². The fraction of sp³-hybridized carbons (Fsp3) is 0.273. The van der Waals surface area contributed by atoms with E-state index in [0.29, 0.717) is 17.4 Å². The molecule has 0 spiro atoms. The van der Waals surface area contributed by atoms with Crippen molar-refractivity contribution < 1.29 is 19.1 Å². The van der Waals surface area contributed by atoms with Crippen LogP contribution in [0.3, 0.4) is 0 Å². The lowest BCUT2D eigenvalue weighted by atomic mass is 10.0. The minimum Gasteiger partial charge on any atom is -0.493 e. The molecule has 2 aromatic carbocycles. The number of anilines is 2. The van der Waals surface area contributed by atoms with Crippen LogP contribution in [0, 0.1) is 13.8 Å². The van der Waals surface area contributed by atoms with Crippen LogP contribution in [0.25, 0.3) is 0 Å². The number of rotatable bonds is 6. The molecule has 0 saturated heterocycles. The predicted octanol–water partition coefficient (Wildman–Crippen LogP) is 2.85. The number of hydrogen-bond acceptors (Lipinski definition) is 6. The Morgan fingerprint density at radius 3 is 2.90 bits per heavy atom. The van der Waals surface area contributed by atoms with Crippen LogP contribution < -0.4 is 20.1 Å². The quantitative estimate of drug-likeness (QED) is 0.634. The molecule has 0 fully saturated rings. The van der Waals surface area contributed by atoms with Gasteiger partial charge in [-0.05, 0) is 48.7 Å². The Bertz CT molecular complexity index is 1140. The Morgan fingerprint density at radius 1 is 1.26 bits per heavy atom. The lowest BCUT2D eigenvalue weighted by molar-refractivity contribution is -0.118. The van der Waals surface area contributed by atoms with E-state index in [2.05, 4.69) is 20.7 Å². The fourth-order valence-electron chi connectivity index (χ4n) is 3.49. The summed E-state index contributed by atoms with van der Waals surface area (Å²) >= 11 is 0. The van der Waals surface area contributed by atoms with Crippen molar-refractivity contribution in [2.75, 3.05) is 24.4 Å². The maximum atomic E-state index is 12.4. The molecule has 0 unspecified atom stereocenters. The molecule has 0 bridgehead atoms. The third kappa shape index (κ3) is 4.20. The average molecular weight is 421 g/mol. The van der Waals surface area contributed by atoms with Crippen molar-refractivity contribution in [3.8, 4) is 11.5 Å². The van der Waals surface area contributed by atoms with Crippen LogP contribution >= 0.6 is 0 Å². The van der Waals surface area contributed by atoms with E-state index in [1.54, 1.807) is 16.8 Å². The van der Waals surface area contributed by atoms with Gasteiger partial charge >= 0.3 is 0 Å². The van der Waals surface area contributed by atoms with Crippen molar-refractivity contribution >= 4 is 23.5 Å². The first-order valence-corrected chi connectivity index (χ1v) is 9.82. The van der Waals surface area contributed by atoms with E-state index in [4.69, 9.17) is 9.47 Å². The zero-order chi connectivity index (χ0) is 22.0. The van der Waals surface area contributed by atoms with Crippen molar-refractivity contribution in [1.29, 1.82) is 0 Å². The lowest BCUT2D eigenvalue weighted by Gasteiger charge is -2.24. The van der Waals surface area contributed by atoms with Crippen molar-refractivity contribution in [2.24, 2.45) is 0 Å². The molecule has 3 aromatic rings. The number of amides is 2. The third-order valence-corrected chi connectivity index (χ3v) is 5.31. The van der Waals surface area contributed by atoms with E-state index in [0.717, 1.165) is 22.4 Å². The number of fused-ring (bicyclic) bond motifs is 1. The second kappa shape index (κ2) is 8.47. The first kappa shape index (κ1) is 20.4. The molecule has 31 heavy (non-hydrogen) atoms. The number of carbonyl (C=O) groups excluding carboxylic acids is 2. The van der Waals surface area contributed by atoms with Gasteiger partial charge in [-0.2, -0.15) is 10.1 Å². The van der Waals surface area contributed by atoms with Crippen molar-refractivity contribution in [3.63, 3.8) is 0 Å². The molecule has 2 N–H and O–H groups in total. The Balaban J connectivity index is 1.47. The van der Waals surface area contributed by atoms with Gasteiger partial charge in [0.15, 0.2) is 18.1 Å². The van der Waals surface area contributed by atoms with Gasteiger partial charge in [0.25, 0.3) is 5.91 Å². The molecule has 9 heteroatoms. The Labute approximate surface area is 179 Å². The van der Waals surface area contributed by atoms with Gasteiger partial charge in [-0.25, -0.2) is 4.68 Å². The Morgan fingerprint density at radius 2 is 2.10 bits per heavy atom. The third-order valence-electron chi connectivity index (χ3n) is 5.31. The van der Waals surface area contributed by atoms with Crippen molar-refractivity contribution in [1.82, 2.24) is 14.8 Å². The molecule has 1 atom stereocenters. The molecular formula is C22H23N5O4. The number of nitrogens with one attached hydrogen (secondary N) is 2. The molecule has 2 amide bonds. The number of carbonyl (C=O) groups is 2. The van der Waals surface area contributed by atoms with Crippen molar-refractivity contribution in [2.45, 2.75) is 26.3 Å². The number of benzene rings is 2. The van der Waals surface area contributed by atoms with Crippen LogP contribution in [-0.2, 0) is 9.59 Å². The minimum absolute atomic E-state index is 0.132. The van der Waals surface area contributed by atoms with E-state index in [9.17, 15) is 9.59 Å². The van der Waals surface area contributed by atoms with Gasteiger partial charge in [0.2, 0.25) is 11.9 Å².